The van der Waals surface area contributed by atoms with Crippen LogP contribution in [0, 0.1) is 55.6 Å². The summed E-state index contributed by atoms with van der Waals surface area (Å²) >= 11 is 1.52. The molecule has 234 valence electrons. The normalized spacial score (nSPS) is 18.4. The van der Waals surface area contributed by atoms with Gasteiger partial charge in [-0.3, -0.25) is 14.0 Å². The molecule has 3 atom stereocenters. The molecule has 3 heterocycles. The number of halogens is 2. The van der Waals surface area contributed by atoms with Crippen LogP contribution in [0.3, 0.4) is 0 Å². The third-order valence-electron chi connectivity index (χ3n) is 8.47. The molecule has 10 heteroatoms. The smallest absolute Gasteiger partial charge is 0.305 e. The lowest BCUT2D eigenvalue weighted by Crippen LogP contribution is -2.21. The van der Waals surface area contributed by atoms with Gasteiger partial charge in [-0.15, -0.1) is 24.2 Å². The Morgan fingerprint density at radius 1 is 1.20 bits per heavy atom. The summed E-state index contributed by atoms with van der Waals surface area (Å²) < 4.78 is 30.1. The molecule has 3 unspecified atom stereocenters. The van der Waals surface area contributed by atoms with E-state index in [1.165, 1.54) is 37.5 Å². The number of nitrogens with one attached hydrogen (secondary N) is 1. The number of hydrogen-bond acceptors (Lipinski definition) is 6. The first kappa shape index (κ1) is 34.6. The molecule has 1 aliphatic heterocycles. The second-order valence-corrected chi connectivity index (χ2v) is 12.6. The van der Waals surface area contributed by atoms with Crippen molar-refractivity contribution in [3.05, 3.63) is 82.1 Å². The maximum atomic E-state index is 14.2. The van der Waals surface area contributed by atoms with Gasteiger partial charge in [0.25, 0.3) is 0 Å². The van der Waals surface area contributed by atoms with Crippen LogP contribution in [0.25, 0.3) is 16.1 Å². The number of aliphatic carboxylic acids is 1. The number of nitrogens with zero attached hydrogens (tertiary/aromatic N) is 3. The van der Waals surface area contributed by atoms with Crippen LogP contribution in [0.4, 0.5) is 8.78 Å². The SMILES string of the molecule is C#C.CN1CC2C(C1)C2(C)C.CNC(CC(=O)O)c1cc(-c2c(C)cccc2C)cc(F)c1F.O=Cc1cn2ccsc2n1. The van der Waals surface area contributed by atoms with Crippen molar-refractivity contribution >= 4 is 28.6 Å². The number of hydrogen-bond donors (Lipinski definition) is 2. The van der Waals surface area contributed by atoms with E-state index in [0.29, 0.717) is 16.7 Å². The van der Waals surface area contributed by atoms with Crippen molar-refractivity contribution in [1.82, 2.24) is 19.6 Å². The predicted octanol–water partition coefficient (Wildman–Crippen LogP) is 6.65. The number of carboxylic acids is 1. The lowest BCUT2D eigenvalue weighted by atomic mass is 9.92. The minimum Gasteiger partial charge on any atom is -0.481 e. The quantitative estimate of drug-likeness (QED) is 0.185. The largest absolute Gasteiger partial charge is 0.481 e. The molecule has 2 N–H and O–H groups in total. The van der Waals surface area contributed by atoms with E-state index in [0.717, 1.165) is 45.8 Å². The van der Waals surface area contributed by atoms with Crippen LogP contribution in [-0.2, 0) is 4.79 Å². The Hall–Kier alpha value is -3.91. The summed E-state index contributed by atoms with van der Waals surface area (Å²) in [6.07, 6.45) is 12.0. The highest BCUT2D eigenvalue weighted by molar-refractivity contribution is 7.15. The van der Waals surface area contributed by atoms with Gasteiger partial charge in [-0.2, -0.15) is 0 Å². The number of piperidine rings is 1. The molecule has 2 aromatic heterocycles. The van der Waals surface area contributed by atoms with Gasteiger partial charge in [-0.25, -0.2) is 13.8 Å². The van der Waals surface area contributed by atoms with Gasteiger partial charge in [0.2, 0.25) is 0 Å². The van der Waals surface area contributed by atoms with E-state index < -0.39 is 23.6 Å². The zero-order valence-electron chi connectivity index (χ0n) is 26.0. The van der Waals surface area contributed by atoms with E-state index in [9.17, 15) is 18.4 Å². The van der Waals surface area contributed by atoms with Crippen LogP contribution < -0.4 is 5.32 Å². The Morgan fingerprint density at radius 3 is 2.32 bits per heavy atom. The molecule has 0 radical (unpaired) electrons. The Morgan fingerprint density at radius 2 is 1.82 bits per heavy atom. The first-order valence-electron chi connectivity index (χ1n) is 14.2. The molecule has 4 aromatic rings. The second-order valence-electron chi connectivity index (χ2n) is 11.7. The Balaban J connectivity index is 0.000000204. The predicted molar refractivity (Wildman–Crippen MR) is 172 cm³/mol. The van der Waals surface area contributed by atoms with E-state index in [-0.39, 0.29) is 12.0 Å². The molecular formula is C34H40F2N4O3S. The number of carboxylic acid groups (broad SMARTS) is 1. The Kier molecular flexibility index (Phi) is 11.6. The molecule has 2 fully saturated rings. The maximum Gasteiger partial charge on any atom is 0.305 e. The van der Waals surface area contributed by atoms with Crippen molar-refractivity contribution in [1.29, 1.82) is 0 Å². The van der Waals surface area contributed by atoms with E-state index >= 15 is 0 Å². The molecule has 1 saturated heterocycles. The number of benzene rings is 2. The van der Waals surface area contributed by atoms with Crippen LogP contribution in [0.15, 0.2) is 48.1 Å². The van der Waals surface area contributed by atoms with Gasteiger partial charge in [0, 0.05) is 42.5 Å². The average molecular weight is 623 g/mol. The first-order chi connectivity index (χ1) is 20.9. The Bertz CT molecular complexity index is 1560. The third kappa shape index (κ3) is 7.78. The van der Waals surface area contributed by atoms with Gasteiger partial charge in [0.15, 0.2) is 22.9 Å². The number of terminal acetylenes is 1. The minimum absolute atomic E-state index is 0.0209. The maximum absolute atomic E-state index is 14.2. The molecule has 1 saturated carbocycles. The number of aryl methyl sites for hydroxylation is 2. The summed E-state index contributed by atoms with van der Waals surface area (Å²) in [5.41, 5.74) is 4.48. The average Bonchev–Trinajstić information content (AvgIpc) is 3.50. The molecule has 1 aliphatic carbocycles. The number of carbonyl (C=O) groups is 2. The summed E-state index contributed by atoms with van der Waals surface area (Å²) in [4.78, 5) is 28.5. The number of likely N-dealkylation sites (tertiary alicyclic amines) is 1. The molecule has 6 rings (SSSR count). The number of carbonyl (C=O) groups excluding carboxylic acids is 1. The standard InChI is InChI=1S/C18H19F2NO2.C8H15N.C6H4N2OS.C2H2/c1-10-5-4-6-11(2)17(10)12-7-13(18(20)14(19)8-12)15(21-3)9-16(22)23;1-8(2)6-4-9(3)5-7(6)8;9-4-5-3-8-1-2-10-6(8)7-5;1-2/h4-8,15,21H,9H2,1-3H3,(H,22,23);6-7H,4-5H2,1-3H3;1-4H;1-2H. The molecule has 7 nitrogen and oxygen atoms in total. The summed E-state index contributed by atoms with van der Waals surface area (Å²) in [6, 6.07) is 7.58. The molecule has 44 heavy (non-hydrogen) atoms. The lowest BCUT2D eigenvalue weighted by Gasteiger charge is -2.18. The van der Waals surface area contributed by atoms with Crippen LogP contribution >= 0.6 is 11.3 Å². The van der Waals surface area contributed by atoms with E-state index in [1.807, 2.05) is 48.0 Å². The monoisotopic (exact) mass is 622 g/mol. The zero-order valence-corrected chi connectivity index (χ0v) is 26.8. The highest BCUT2D eigenvalue weighted by Crippen LogP contribution is 2.61. The van der Waals surface area contributed by atoms with E-state index in [4.69, 9.17) is 5.11 Å². The topological polar surface area (TPSA) is 86.9 Å². The van der Waals surface area contributed by atoms with Crippen LogP contribution in [-0.4, -0.2) is 58.8 Å². The Labute approximate surface area is 261 Å². The summed E-state index contributed by atoms with van der Waals surface area (Å²) in [6.45, 7) is 11.3. The number of thiazole rings is 1. The van der Waals surface area contributed by atoms with Crippen molar-refractivity contribution in [3.63, 3.8) is 0 Å². The van der Waals surface area contributed by atoms with Gasteiger partial charge in [0.1, 0.15) is 5.69 Å². The van der Waals surface area contributed by atoms with Crippen molar-refractivity contribution in [2.45, 2.75) is 40.2 Å². The molecule has 0 bridgehead atoms. The van der Waals surface area contributed by atoms with Gasteiger partial charge < -0.3 is 15.3 Å². The molecule has 0 amide bonds. The number of fused-ring (bicyclic) bond motifs is 2. The van der Waals surface area contributed by atoms with Gasteiger partial charge in [-0.05, 0) is 79.6 Å². The number of rotatable bonds is 6. The first-order valence-corrected chi connectivity index (χ1v) is 15.1. The van der Waals surface area contributed by atoms with Crippen LogP contribution in [0.5, 0.6) is 0 Å². The number of aromatic nitrogens is 2. The van der Waals surface area contributed by atoms with Gasteiger partial charge >= 0.3 is 5.97 Å². The van der Waals surface area contributed by atoms with E-state index in [1.54, 1.807) is 6.20 Å². The van der Waals surface area contributed by atoms with Crippen molar-refractivity contribution in [3.8, 4) is 24.0 Å². The zero-order chi connectivity index (χ0) is 32.8. The van der Waals surface area contributed by atoms with Crippen molar-refractivity contribution < 1.29 is 23.5 Å². The third-order valence-corrected chi connectivity index (χ3v) is 9.24. The number of aldehydes is 1. The van der Waals surface area contributed by atoms with Crippen molar-refractivity contribution in [2.75, 3.05) is 27.2 Å². The number of imidazole rings is 1. The second kappa shape index (κ2) is 14.7. The highest BCUT2D eigenvalue weighted by Gasteiger charge is 2.61. The fraction of sp³-hybridized carbons (Fsp3) is 0.382. The van der Waals surface area contributed by atoms with E-state index in [2.05, 4.69) is 48.9 Å². The molecular weight excluding hydrogens is 582 g/mol. The summed E-state index contributed by atoms with van der Waals surface area (Å²) in [7, 11) is 3.75. The fourth-order valence-electron chi connectivity index (χ4n) is 5.95. The minimum atomic E-state index is -1.08. The van der Waals surface area contributed by atoms with Gasteiger partial charge in [-0.1, -0.05) is 32.0 Å². The highest BCUT2D eigenvalue weighted by atomic mass is 32.1. The lowest BCUT2D eigenvalue weighted by molar-refractivity contribution is -0.137. The van der Waals surface area contributed by atoms with Crippen LogP contribution in [0.1, 0.15) is 53.5 Å². The molecule has 0 spiro atoms. The van der Waals surface area contributed by atoms with Crippen molar-refractivity contribution in [2.24, 2.45) is 17.3 Å². The molecule has 2 aliphatic rings. The molecule has 2 aromatic carbocycles. The fourth-order valence-corrected chi connectivity index (χ4v) is 6.66. The summed E-state index contributed by atoms with van der Waals surface area (Å²) in [5, 5.41) is 13.6. The van der Waals surface area contributed by atoms with Gasteiger partial charge in [0.05, 0.1) is 6.42 Å². The summed E-state index contributed by atoms with van der Waals surface area (Å²) in [5.74, 6) is -1.02. The van der Waals surface area contributed by atoms with Crippen LogP contribution in [0.2, 0.25) is 0 Å².